The zero-order valence-corrected chi connectivity index (χ0v) is 18.1. The number of hydrogen-bond donors (Lipinski definition) is 0. The molecule has 0 atom stereocenters. The van der Waals surface area contributed by atoms with Gasteiger partial charge in [0, 0.05) is 10.8 Å². The van der Waals surface area contributed by atoms with Gasteiger partial charge in [0.05, 0.1) is 23.3 Å². The van der Waals surface area contributed by atoms with Crippen molar-refractivity contribution in [2.75, 3.05) is 0 Å². The zero-order chi connectivity index (χ0) is 22.8. The molecule has 0 aliphatic rings. The lowest BCUT2D eigenvalue weighted by Crippen LogP contribution is -1.90. The molecule has 0 fully saturated rings. The average molecular weight is 428 g/mol. The van der Waals surface area contributed by atoms with Crippen LogP contribution in [0.2, 0.25) is 0 Å². The maximum Gasteiger partial charge on any atom is 0.0998 e. The van der Waals surface area contributed by atoms with Crippen LogP contribution in [-0.2, 0) is 0 Å². The average Bonchev–Trinajstić information content (AvgIpc) is 2.90. The Morgan fingerprint density at radius 1 is 0.382 bits per heavy atom. The minimum Gasteiger partial charge on any atom is -0.192 e. The van der Waals surface area contributed by atoms with Crippen molar-refractivity contribution in [3.63, 3.8) is 0 Å². The van der Waals surface area contributed by atoms with Gasteiger partial charge in [-0.3, -0.25) is 0 Å². The Hall–Kier alpha value is -4.92. The van der Waals surface area contributed by atoms with Gasteiger partial charge in [-0.1, -0.05) is 84.9 Å². The summed E-state index contributed by atoms with van der Waals surface area (Å²) in [5.41, 5.74) is 1.35. The number of hydrogen-bond acceptors (Lipinski definition) is 2. The first kappa shape index (κ1) is 18.6. The van der Waals surface area contributed by atoms with Gasteiger partial charge >= 0.3 is 0 Å². The van der Waals surface area contributed by atoms with Crippen molar-refractivity contribution in [1.29, 1.82) is 10.5 Å². The lowest BCUT2D eigenvalue weighted by Gasteiger charge is -2.16. The van der Waals surface area contributed by atoms with Crippen molar-refractivity contribution < 1.29 is 0 Å². The van der Waals surface area contributed by atoms with Gasteiger partial charge in [0.1, 0.15) is 0 Å². The molecule has 0 heterocycles. The smallest absolute Gasteiger partial charge is 0.0998 e. The molecule has 0 aliphatic heterocycles. The van der Waals surface area contributed by atoms with Crippen LogP contribution in [-0.4, -0.2) is 0 Å². The number of rotatable bonds is 0. The van der Waals surface area contributed by atoms with E-state index in [-0.39, 0.29) is 0 Å². The number of benzene rings is 7. The lowest BCUT2D eigenvalue weighted by atomic mass is 9.86. The fraction of sp³-hybridized carbons (Fsp3) is 0. The first-order valence-corrected chi connectivity index (χ1v) is 11.2. The Balaban J connectivity index is 1.92. The van der Waals surface area contributed by atoms with Gasteiger partial charge in [-0.2, -0.15) is 10.5 Å². The molecule has 0 amide bonds. The summed E-state index contributed by atoms with van der Waals surface area (Å²) in [4.78, 5) is 0. The SMILES string of the molecule is N#Cc1cc2ccc3cc(C#N)c4ccc5ccccc5c4c3c2c2c1ccc1ccccc12. The summed E-state index contributed by atoms with van der Waals surface area (Å²) in [6.07, 6.45) is 0. The maximum atomic E-state index is 9.98. The molecule has 7 rings (SSSR count). The summed E-state index contributed by atoms with van der Waals surface area (Å²) in [5.74, 6) is 0. The van der Waals surface area contributed by atoms with Crippen molar-refractivity contribution in [2.24, 2.45) is 0 Å². The normalized spacial score (nSPS) is 11.5. The topological polar surface area (TPSA) is 47.6 Å². The molecule has 154 valence electrons. The summed E-state index contributed by atoms with van der Waals surface area (Å²) in [6.45, 7) is 0. The molecule has 2 nitrogen and oxygen atoms in total. The molecule has 0 radical (unpaired) electrons. The zero-order valence-electron chi connectivity index (χ0n) is 18.1. The van der Waals surface area contributed by atoms with Crippen molar-refractivity contribution in [1.82, 2.24) is 0 Å². The lowest BCUT2D eigenvalue weighted by molar-refractivity contribution is 1.51. The van der Waals surface area contributed by atoms with Crippen molar-refractivity contribution in [2.45, 2.75) is 0 Å². The largest absolute Gasteiger partial charge is 0.192 e. The second-order valence-electron chi connectivity index (χ2n) is 8.75. The van der Waals surface area contributed by atoms with E-state index < -0.39 is 0 Å². The van der Waals surface area contributed by atoms with Crippen LogP contribution in [0.1, 0.15) is 11.1 Å². The summed E-state index contributed by atoms with van der Waals surface area (Å²) < 4.78 is 0. The highest BCUT2D eigenvalue weighted by molar-refractivity contribution is 6.36. The molecule has 0 aliphatic carbocycles. The van der Waals surface area contributed by atoms with E-state index in [1.165, 1.54) is 0 Å². The third-order valence-electron chi connectivity index (χ3n) is 7.05. The minimum atomic E-state index is 0.676. The molecule has 2 heteroatoms. The van der Waals surface area contributed by atoms with Crippen LogP contribution in [0.15, 0.2) is 97.1 Å². The fourth-order valence-electron chi connectivity index (χ4n) is 5.60. The first-order valence-electron chi connectivity index (χ1n) is 11.2. The van der Waals surface area contributed by atoms with Crippen molar-refractivity contribution in [3.8, 4) is 12.1 Å². The van der Waals surface area contributed by atoms with Crippen LogP contribution >= 0.6 is 0 Å². The Kier molecular flexibility index (Phi) is 3.72. The monoisotopic (exact) mass is 428 g/mol. The van der Waals surface area contributed by atoms with Gasteiger partial charge in [-0.15, -0.1) is 0 Å². The summed E-state index contributed by atoms with van der Waals surface area (Å²) >= 11 is 0. The third-order valence-corrected chi connectivity index (χ3v) is 7.05. The van der Waals surface area contributed by atoms with Crippen molar-refractivity contribution in [3.05, 3.63) is 108 Å². The Morgan fingerprint density at radius 3 is 1.24 bits per heavy atom. The molecule has 0 unspecified atom stereocenters. The molecule has 0 bridgehead atoms. The van der Waals surface area contributed by atoms with E-state index >= 15 is 0 Å². The molecule has 0 N–H and O–H groups in total. The molecule has 0 spiro atoms. The second-order valence-corrected chi connectivity index (χ2v) is 8.75. The maximum absolute atomic E-state index is 9.98. The summed E-state index contributed by atoms with van der Waals surface area (Å²) in [5, 5.41) is 32.9. The first-order chi connectivity index (χ1) is 16.8. The van der Waals surface area contributed by atoms with Crippen LogP contribution in [0.4, 0.5) is 0 Å². The van der Waals surface area contributed by atoms with Crippen LogP contribution in [0.25, 0.3) is 64.6 Å². The Morgan fingerprint density at radius 2 is 0.794 bits per heavy atom. The van der Waals surface area contributed by atoms with Crippen LogP contribution in [0, 0.1) is 22.7 Å². The Labute approximate surface area is 195 Å². The highest BCUT2D eigenvalue weighted by Gasteiger charge is 2.17. The van der Waals surface area contributed by atoms with E-state index in [4.69, 9.17) is 0 Å². The van der Waals surface area contributed by atoms with E-state index in [0.717, 1.165) is 64.6 Å². The molecule has 7 aromatic carbocycles. The molecule has 0 aromatic heterocycles. The molecule has 0 saturated carbocycles. The minimum absolute atomic E-state index is 0.676. The van der Waals surface area contributed by atoms with Gasteiger partial charge in [-0.05, 0) is 66.0 Å². The van der Waals surface area contributed by atoms with E-state index in [1.54, 1.807) is 0 Å². The fourth-order valence-corrected chi connectivity index (χ4v) is 5.60. The van der Waals surface area contributed by atoms with Crippen LogP contribution in [0.3, 0.4) is 0 Å². The van der Waals surface area contributed by atoms with Gasteiger partial charge in [0.15, 0.2) is 0 Å². The number of nitrogens with zero attached hydrogens (tertiary/aromatic N) is 2. The highest BCUT2D eigenvalue weighted by Crippen LogP contribution is 2.43. The predicted molar refractivity (Wildman–Crippen MR) is 141 cm³/mol. The molecule has 7 aromatic rings. The molecular formula is C32H16N2. The van der Waals surface area contributed by atoms with E-state index in [0.29, 0.717) is 11.1 Å². The molecular weight excluding hydrogens is 412 g/mol. The standard InChI is InChI=1S/C32H16N2/c33-17-23-15-21-9-10-22-16-24(18-34)28-14-12-20-6-2-4-8-26(20)32(28)30(22)29(21)31-25-7-3-1-5-19(25)11-13-27(23)31/h1-16H. The van der Waals surface area contributed by atoms with E-state index in [9.17, 15) is 10.5 Å². The van der Waals surface area contributed by atoms with Gasteiger partial charge in [0.25, 0.3) is 0 Å². The molecule has 0 saturated heterocycles. The molecule has 34 heavy (non-hydrogen) atoms. The summed E-state index contributed by atoms with van der Waals surface area (Å²) in [7, 11) is 0. The highest BCUT2D eigenvalue weighted by atomic mass is 14.3. The Bertz CT molecular complexity index is 1930. The van der Waals surface area contributed by atoms with E-state index in [2.05, 4.69) is 84.9 Å². The number of nitriles is 2. The van der Waals surface area contributed by atoms with Crippen molar-refractivity contribution >= 4 is 64.6 Å². The number of fused-ring (bicyclic) bond motifs is 11. The quantitative estimate of drug-likeness (QED) is 0.228. The second kappa shape index (κ2) is 6.79. The van der Waals surface area contributed by atoms with Gasteiger partial charge in [-0.25, -0.2) is 0 Å². The van der Waals surface area contributed by atoms with E-state index in [1.807, 2.05) is 24.3 Å². The van der Waals surface area contributed by atoms with Gasteiger partial charge in [0.2, 0.25) is 0 Å². The summed E-state index contributed by atoms with van der Waals surface area (Å²) in [6, 6.07) is 38.0. The third kappa shape index (κ3) is 2.37. The van der Waals surface area contributed by atoms with Crippen LogP contribution < -0.4 is 0 Å². The van der Waals surface area contributed by atoms with Crippen LogP contribution in [0.5, 0.6) is 0 Å². The predicted octanol–water partition coefficient (Wildman–Crippen LogP) is 8.35. The van der Waals surface area contributed by atoms with Gasteiger partial charge < -0.3 is 0 Å².